The van der Waals surface area contributed by atoms with Crippen molar-refractivity contribution in [1.82, 2.24) is 4.90 Å². The van der Waals surface area contributed by atoms with Crippen LogP contribution in [0.1, 0.15) is 56.0 Å². The fourth-order valence-electron chi connectivity index (χ4n) is 3.65. The fourth-order valence-corrected chi connectivity index (χ4v) is 4.67. The zero-order chi connectivity index (χ0) is 24.9. The first kappa shape index (κ1) is 25.7. The number of benzene rings is 2. The van der Waals surface area contributed by atoms with Crippen LogP contribution in [0.15, 0.2) is 54.6 Å². The van der Waals surface area contributed by atoms with Crippen molar-refractivity contribution in [1.29, 1.82) is 0 Å². The highest BCUT2D eigenvalue weighted by molar-refractivity contribution is 6.74. The lowest BCUT2D eigenvalue weighted by Gasteiger charge is -2.36. The first-order chi connectivity index (χ1) is 16.0. The Bertz CT molecular complexity index is 1030. The summed E-state index contributed by atoms with van der Waals surface area (Å²) in [7, 11) is -2.01. The maximum absolute atomic E-state index is 12.8. The highest BCUT2D eigenvalue weighted by Gasteiger charge is 2.39. The number of ether oxygens (including phenoxy) is 1. The van der Waals surface area contributed by atoms with Crippen LogP contribution in [0.2, 0.25) is 18.1 Å². The maximum Gasteiger partial charge on any atom is 0.416 e. The Balaban J connectivity index is 1.55. The van der Waals surface area contributed by atoms with Gasteiger partial charge < -0.3 is 9.16 Å². The SMILES string of the molecule is CC(C)(C)[Si](C)(C)Oc1cccc(C(=O)CCCC(=O)N2C(=O)OC[C@H]2Cc2ccccc2)c1. The quantitative estimate of drug-likeness (QED) is 0.324. The van der Waals surface area contributed by atoms with Crippen LogP contribution >= 0.6 is 0 Å². The molecule has 2 amide bonds. The van der Waals surface area contributed by atoms with Crippen molar-refractivity contribution in [2.75, 3.05) is 6.61 Å². The third kappa shape index (κ3) is 6.35. The number of ketones is 1. The number of Topliss-reactive ketones (excluding diaryl/α,β-unsaturated/α-hetero) is 1. The Kier molecular flexibility index (Phi) is 7.97. The first-order valence-electron chi connectivity index (χ1n) is 11.8. The average Bonchev–Trinajstić information content (AvgIpc) is 3.13. The van der Waals surface area contributed by atoms with Gasteiger partial charge in [-0.1, -0.05) is 63.2 Å². The lowest BCUT2D eigenvalue weighted by molar-refractivity contribution is -0.129. The third-order valence-electron chi connectivity index (χ3n) is 6.67. The van der Waals surface area contributed by atoms with E-state index < -0.39 is 14.4 Å². The maximum atomic E-state index is 12.8. The molecule has 182 valence electrons. The minimum atomic E-state index is -2.01. The number of carbonyl (C=O) groups excluding carboxylic acids is 3. The number of nitrogens with zero attached hydrogens (tertiary/aromatic N) is 1. The van der Waals surface area contributed by atoms with Crippen molar-refractivity contribution >= 4 is 26.1 Å². The average molecular weight is 482 g/mol. The number of carbonyl (C=O) groups is 3. The summed E-state index contributed by atoms with van der Waals surface area (Å²) in [4.78, 5) is 38.9. The van der Waals surface area contributed by atoms with Crippen molar-refractivity contribution in [2.45, 2.75) is 70.6 Å². The van der Waals surface area contributed by atoms with Gasteiger partial charge in [-0.05, 0) is 48.7 Å². The molecule has 3 rings (SSSR count). The lowest BCUT2D eigenvalue weighted by atomic mass is 10.0. The van der Waals surface area contributed by atoms with Crippen molar-refractivity contribution < 1.29 is 23.5 Å². The molecule has 1 atom stereocenters. The zero-order valence-electron chi connectivity index (χ0n) is 20.8. The van der Waals surface area contributed by atoms with Crippen LogP contribution in [0.3, 0.4) is 0 Å². The summed E-state index contributed by atoms with van der Waals surface area (Å²) in [5.74, 6) is 0.363. The van der Waals surface area contributed by atoms with Gasteiger partial charge in [0.1, 0.15) is 12.4 Å². The molecule has 0 N–H and O–H groups in total. The van der Waals surface area contributed by atoms with Gasteiger partial charge in [-0.25, -0.2) is 9.69 Å². The Morgan fingerprint density at radius 1 is 1.06 bits per heavy atom. The van der Waals surface area contributed by atoms with E-state index in [1.54, 1.807) is 12.1 Å². The molecule has 6 nitrogen and oxygen atoms in total. The van der Waals surface area contributed by atoms with E-state index in [4.69, 9.17) is 9.16 Å². The molecular weight excluding hydrogens is 446 g/mol. The smallest absolute Gasteiger partial charge is 0.416 e. The van der Waals surface area contributed by atoms with Crippen LogP contribution in [-0.2, 0) is 16.0 Å². The van der Waals surface area contributed by atoms with Crippen LogP contribution < -0.4 is 4.43 Å². The highest BCUT2D eigenvalue weighted by Crippen LogP contribution is 2.37. The van der Waals surface area contributed by atoms with Gasteiger partial charge in [-0.3, -0.25) is 9.59 Å². The molecule has 1 saturated heterocycles. The molecular formula is C27H35NO5Si. The van der Waals surface area contributed by atoms with Crippen molar-refractivity contribution in [3.05, 3.63) is 65.7 Å². The Morgan fingerprint density at radius 2 is 1.76 bits per heavy atom. The van der Waals surface area contributed by atoms with Gasteiger partial charge in [0.05, 0.1) is 6.04 Å². The van der Waals surface area contributed by atoms with Crippen LogP contribution in [-0.4, -0.2) is 43.6 Å². The van der Waals surface area contributed by atoms with E-state index in [0.717, 1.165) is 5.56 Å². The molecule has 0 spiro atoms. The third-order valence-corrected chi connectivity index (χ3v) is 11.0. The van der Waals surface area contributed by atoms with Crippen LogP contribution in [0.4, 0.5) is 4.79 Å². The second-order valence-corrected chi connectivity index (χ2v) is 15.1. The summed E-state index contributed by atoms with van der Waals surface area (Å²) in [6.45, 7) is 11.0. The van der Waals surface area contributed by atoms with E-state index in [2.05, 4.69) is 33.9 Å². The molecule has 0 unspecified atom stereocenters. The molecule has 34 heavy (non-hydrogen) atoms. The molecule has 0 aliphatic carbocycles. The summed E-state index contributed by atoms with van der Waals surface area (Å²) in [6.07, 6.45) is 0.659. The fraction of sp³-hybridized carbons (Fsp3) is 0.444. The van der Waals surface area contributed by atoms with Gasteiger partial charge in [0, 0.05) is 18.4 Å². The van der Waals surface area contributed by atoms with Crippen LogP contribution in [0.5, 0.6) is 5.75 Å². The molecule has 1 aliphatic heterocycles. The highest BCUT2D eigenvalue weighted by atomic mass is 28.4. The van der Waals surface area contributed by atoms with Gasteiger partial charge in [0.25, 0.3) is 0 Å². The molecule has 1 heterocycles. The van der Waals surface area contributed by atoms with Gasteiger partial charge in [-0.2, -0.15) is 0 Å². The predicted octanol–water partition coefficient (Wildman–Crippen LogP) is 6.01. The van der Waals surface area contributed by atoms with E-state index >= 15 is 0 Å². The van der Waals surface area contributed by atoms with Gasteiger partial charge in [-0.15, -0.1) is 0 Å². The van der Waals surface area contributed by atoms with E-state index in [9.17, 15) is 14.4 Å². The molecule has 0 radical (unpaired) electrons. The number of imide groups is 1. The van der Waals surface area contributed by atoms with Crippen LogP contribution in [0, 0.1) is 0 Å². The van der Waals surface area contributed by atoms with Crippen molar-refractivity contribution in [3.8, 4) is 5.75 Å². The van der Waals surface area contributed by atoms with Gasteiger partial charge >= 0.3 is 6.09 Å². The molecule has 2 aromatic rings. The predicted molar refractivity (Wildman–Crippen MR) is 135 cm³/mol. The summed E-state index contributed by atoms with van der Waals surface area (Å²) in [6, 6.07) is 16.7. The molecule has 0 aromatic heterocycles. The topological polar surface area (TPSA) is 72.9 Å². The minimum Gasteiger partial charge on any atom is -0.543 e. The van der Waals surface area contributed by atoms with Gasteiger partial charge in [0.15, 0.2) is 5.78 Å². The minimum absolute atomic E-state index is 0.0432. The standard InChI is InChI=1S/C27H35NO5Si/c1-27(2,3)34(4,5)33-23-14-9-13-21(18-23)24(29)15-10-16-25(30)28-22(19-32-26(28)31)17-20-11-7-6-8-12-20/h6-9,11-14,18,22H,10,15-17,19H2,1-5H3/t22-/m1/s1. The van der Waals surface area contributed by atoms with E-state index in [-0.39, 0.29) is 42.2 Å². The van der Waals surface area contributed by atoms with Crippen molar-refractivity contribution in [2.24, 2.45) is 0 Å². The first-order valence-corrected chi connectivity index (χ1v) is 14.7. The molecule has 1 fully saturated rings. The van der Waals surface area contributed by atoms with Crippen molar-refractivity contribution in [3.63, 3.8) is 0 Å². The lowest BCUT2D eigenvalue weighted by Crippen LogP contribution is -2.43. The molecule has 2 aromatic carbocycles. The molecule has 0 saturated carbocycles. The summed E-state index contributed by atoms with van der Waals surface area (Å²) < 4.78 is 11.4. The molecule has 0 bridgehead atoms. The largest absolute Gasteiger partial charge is 0.543 e. The second-order valence-electron chi connectivity index (χ2n) is 10.4. The Morgan fingerprint density at radius 3 is 2.44 bits per heavy atom. The summed E-state index contributed by atoms with van der Waals surface area (Å²) >= 11 is 0. The van der Waals surface area contributed by atoms with Gasteiger partial charge in [0.2, 0.25) is 14.2 Å². The number of amides is 2. The van der Waals surface area contributed by atoms with E-state index in [0.29, 0.717) is 24.2 Å². The summed E-state index contributed by atoms with van der Waals surface area (Å²) in [5.41, 5.74) is 1.62. The molecule has 1 aliphatic rings. The Hall–Kier alpha value is -2.93. The van der Waals surface area contributed by atoms with E-state index in [1.165, 1.54) is 4.90 Å². The summed E-state index contributed by atoms with van der Waals surface area (Å²) in [5, 5.41) is 0.0580. The monoisotopic (exact) mass is 481 g/mol. The number of rotatable bonds is 9. The van der Waals surface area contributed by atoms with E-state index in [1.807, 2.05) is 42.5 Å². The number of cyclic esters (lactones) is 1. The second kappa shape index (κ2) is 10.6. The normalized spacial score (nSPS) is 16.3. The van der Waals surface area contributed by atoms with Crippen LogP contribution in [0.25, 0.3) is 0 Å². The number of hydrogen-bond donors (Lipinski definition) is 0. The number of hydrogen-bond acceptors (Lipinski definition) is 5. The molecule has 7 heteroatoms. The zero-order valence-corrected chi connectivity index (χ0v) is 21.8. The Labute approximate surface area is 203 Å².